The van der Waals surface area contributed by atoms with Gasteiger partial charge in [0, 0.05) is 48.5 Å². The number of fused-ring (bicyclic) bond motifs is 1. The summed E-state index contributed by atoms with van der Waals surface area (Å²) in [6.07, 6.45) is 9.18. The average molecular weight is 327 g/mol. The molecule has 0 unspecified atom stereocenters. The van der Waals surface area contributed by atoms with Crippen molar-refractivity contribution in [3.05, 3.63) is 90.6 Å². The zero-order valence-electron chi connectivity index (χ0n) is 13.6. The van der Waals surface area contributed by atoms with Crippen molar-refractivity contribution in [3.63, 3.8) is 0 Å². The van der Waals surface area contributed by atoms with Gasteiger partial charge in [-0.1, -0.05) is 24.3 Å². The summed E-state index contributed by atoms with van der Waals surface area (Å²) in [5.74, 6) is 0.496. The van der Waals surface area contributed by atoms with Crippen molar-refractivity contribution in [1.82, 2.24) is 14.5 Å². The van der Waals surface area contributed by atoms with E-state index in [9.17, 15) is 0 Å². The summed E-state index contributed by atoms with van der Waals surface area (Å²) in [5, 5.41) is 1.15. The third kappa shape index (κ3) is 3.26. The molecule has 5 nitrogen and oxygen atoms in total. The zero-order chi connectivity index (χ0) is 17.1. The van der Waals surface area contributed by atoms with E-state index in [1.807, 2.05) is 42.7 Å². The molecule has 0 aliphatic heterocycles. The third-order valence-corrected chi connectivity index (χ3v) is 4.09. The van der Waals surface area contributed by atoms with Crippen LogP contribution in [0.2, 0.25) is 0 Å². The van der Waals surface area contributed by atoms with Gasteiger partial charge in [0.1, 0.15) is 5.84 Å². The second-order valence-electron chi connectivity index (χ2n) is 5.78. The Hall–Kier alpha value is -3.47. The highest BCUT2D eigenvalue weighted by Crippen LogP contribution is 2.16. The number of amidine groups is 1. The average Bonchev–Trinajstić information content (AvgIpc) is 3.06. The van der Waals surface area contributed by atoms with E-state index in [1.54, 1.807) is 12.4 Å². The Labute approximate surface area is 145 Å². The molecule has 0 fully saturated rings. The van der Waals surface area contributed by atoms with E-state index in [0.29, 0.717) is 5.84 Å². The Kier molecular flexibility index (Phi) is 3.96. The summed E-state index contributed by atoms with van der Waals surface area (Å²) in [7, 11) is 0. The van der Waals surface area contributed by atoms with Gasteiger partial charge >= 0.3 is 0 Å². The summed E-state index contributed by atoms with van der Waals surface area (Å²) >= 11 is 0. The first-order chi connectivity index (χ1) is 12.3. The molecule has 2 N–H and O–H groups in total. The first-order valence-corrected chi connectivity index (χ1v) is 8.02. The number of hydrogen-bond acceptors (Lipinski definition) is 3. The van der Waals surface area contributed by atoms with Gasteiger partial charge in [-0.25, -0.2) is 4.99 Å². The smallest absolute Gasteiger partial charge is 0.131 e. The van der Waals surface area contributed by atoms with E-state index in [4.69, 9.17) is 5.73 Å². The van der Waals surface area contributed by atoms with Crippen LogP contribution in [0.5, 0.6) is 0 Å². The molecule has 0 saturated carbocycles. The molecule has 3 aromatic heterocycles. The zero-order valence-corrected chi connectivity index (χ0v) is 13.6. The van der Waals surface area contributed by atoms with Crippen molar-refractivity contribution in [1.29, 1.82) is 0 Å². The highest BCUT2D eigenvalue weighted by molar-refractivity contribution is 5.99. The van der Waals surface area contributed by atoms with E-state index in [2.05, 4.69) is 43.9 Å². The lowest BCUT2D eigenvalue weighted by Crippen LogP contribution is -2.12. The number of hydrogen-bond donors (Lipinski definition) is 1. The maximum absolute atomic E-state index is 6.10. The molecule has 0 bridgehead atoms. The van der Waals surface area contributed by atoms with Gasteiger partial charge < -0.3 is 10.3 Å². The van der Waals surface area contributed by atoms with Gasteiger partial charge in [-0.05, 0) is 29.8 Å². The van der Waals surface area contributed by atoms with Crippen LogP contribution in [-0.4, -0.2) is 20.4 Å². The lowest BCUT2D eigenvalue weighted by atomic mass is 10.1. The number of aromatic nitrogens is 3. The quantitative estimate of drug-likeness (QED) is 0.460. The summed E-state index contributed by atoms with van der Waals surface area (Å²) < 4.78 is 2.21. The van der Waals surface area contributed by atoms with E-state index in [1.165, 1.54) is 11.1 Å². The van der Waals surface area contributed by atoms with Crippen molar-refractivity contribution in [3.8, 4) is 0 Å². The molecular formula is C20H17N5. The Morgan fingerprint density at radius 1 is 0.920 bits per heavy atom. The monoisotopic (exact) mass is 327 g/mol. The summed E-state index contributed by atoms with van der Waals surface area (Å²) in [6.45, 7) is 0.801. The number of rotatable bonds is 4. The normalized spacial score (nSPS) is 11.8. The Bertz CT molecular complexity index is 1020. The van der Waals surface area contributed by atoms with Gasteiger partial charge in [-0.15, -0.1) is 0 Å². The molecule has 0 aliphatic rings. The number of nitrogens with zero attached hydrogens (tertiary/aromatic N) is 4. The maximum Gasteiger partial charge on any atom is 0.131 e. The maximum atomic E-state index is 6.10. The Morgan fingerprint density at radius 2 is 1.68 bits per heavy atom. The Balaban J connectivity index is 1.55. The topological polar surface area (TPSA) is 69.1 Å². The van der Waals surface area contributed by atoms with E-state index in [-0.39, 0.29) is 0 Å². The second kappa shape index (κ2) is 6.57. The van der Waals surface area contributed by atoms with Crippen LogP contribution in [0.15, 0.2) is 84.5 Å². The van der Waals surface area contributed by atoms with Crippen molar-refractivity contribution >= 4 is 22.4 Å². The van der Waals surface area contributed by atoms with Crippen LogP contribution < -0.4 is 5.73 Å². The molecule has 1 aromatic carbocycles. The highest BCUT2D eigenvalue weighted by atomic mass is 15.0. The SMILES string of the molecule is NC(=Nc1ccncc1)c1ccc(Cn2ccc3cnccc32)cc1. The van der Waals surface area contributed by atoms with Gasteiger partial charge in [-0.2, -0.15) is 0 Å². The van der Waals surface area contributed by atoms with Crippen LogP contribution >= 0.6 is 0 Å². The molecule has 0 radical (unpaired) electrons. The standard InChI is InChI=1S/C20H17N5/c21-20(24-18-5-9-22-10-6-18)16-3-1-15(2-4-16)14-25-12-8-17-13-23-11-7-19(17)25/h1-13H,14H2,(H2,21,22,24). The molecule has 0 saturated heterocycles. The molecule has 3 heterocycles. The number of aliphatic imine (C=N–C) groups is 1. The predicted molar refractivity (Wildman–Crippen MR) is 99.9 cm³/mol. The van der Waals surface area contributed by atoms with Crippen LogP contribution in [0.25, 0.3) is 10.9 Å². The fourth-order valence-corrected chi connectivity index (χ4v) is 2.78. The number of benzene rings is 1. The van der Waals surface area contributed by atoms with Gasteiger partial charge in [0.15, 0.2) is 0 Å². The van der Waals surface area contributed by atoms with E-state index in [0.717, 1.165) is 23.2 Å². The first-order valence-electron chi connectivity index (χ1n) is 8.02. The van der Waals surface area contributed by atoms with Crippen molar-refractivity contribution in [2.24, 2.45) is 10.7 Å². The molecule has 0 amide bonds. The van der Waals surface area contributed by atoms with Crippen LogP contribution in [0.3, 0.4) is 0 Å². The molecule has 0 atom stereocenters. The van der Waals surface area contributed by atoms with E-state index < -0.39 is 0 Å². The number of pyridine rings is 2. The van der Waals surface area contributed by atoms with Gasteiger partial charge in [0.2, 0.25) is 0 Å². The second-order valence-corrected chi connectivity index (χ2v) is 5.78. The fourth-order valence-electron chi connectivity index (χ4n) is 2.78. The largest absolute Gasteiger partial charge is 0.383 e. The molecular weight excluding hydrogens is 310 g/mol. The molecule has 4 aromatic rings. The minimum atomic E-state index is 0.496. The predicted octanol–water partition coefficient (Wildman–Crippen LogP) is 3.52. The molecule has 4 rings (SSSR count). The minimum Gasteiger partial charge on any atom is -0.383 e. The number of nitrogens with two attached hydrogens (primary N) is 1. The summed E-state index contributed by atoms with van der Waals surface area (Å²) in [4.78, 5) is 12.5. The van der Waals surface area contributed by atoms with Crippen LogP contribution in [0, 0.1) is 0 Å². The van der Waals surface area contributed by atoms with Gasteiger partial charge in [0.25, 0.3) is 0 Å². The fraction of sp³-hybridized carbons (Fsp3) is 0.0500. The molecule has 0 spiro atoms. The Morgan fingerprint density at radius 3 is 2.48 bits per heavy atom. The van der Waals surface area contributed by atoms with Gasteiger partial charge in [0.05, 0.1) is 11.2 Å². The lowest BCUT2D eigenvalue weighted by molar-refractivity contribution is 0.836. The summed E-state index contributed by atoms with van der Waals surface area (Å²) in [6, 6.07) is 15.9. The minimum absolute atomic E-state index is 0.496. The van der Waals surface area contributed by atoms with Crippen LogP contribution in [-0.2, 0) is 6.54 Å². The molecule has 5 heteroatoms. The highest BCUT2D eigenvalue weighted by Gasteiger charge is 2.03. The molecule has 122 valence electrons. The van der Waals surface area contributed by atoms with Crippen LogP contribution in [0.1, 0.15) is 11.1 Å². The molecule has 25 heavy (non-hydrogen) atoms. The van der Waals surface area contributed by atoms with E-state index >= 15 is 0 Å². The summed E-state index contributed by atoms with van der Waals surface area (Å²) in [5.41, 5.74) is 10.2. The van der Waals surface area contributed by atoms with Crippen molar-refractivity contribution in [2.75, 3.05) is 0 Å². The van der Waals surface area contributed by atoms with Crippen molar-refractivity contribution < 1.29 is 0 Å². The third-order valence-electron chi connectivity index (χ3n) is 4.09. The first kappa shape index (κ1) is 15.1. The lowest BCUT2D eigenvalue weighted by Gasteiger charge is -2.07. The van der Waals surface area contributed by atoms with Crippen molar-refractivity contribution in [2.45, 2.75) is 6.54 Å². The molecule has 0 aliphatic carbocycles. The van der Waals surface area contributed by atoms with Crippen LogP contribution in [0.4, 0.5) is 5.69 Å². The van der Waals surface area contributed by atoms with Gasteiger partial charge in [-0.3, -0.25) is 9.97 Å².